The number of nitrogens with zero attached hydrogens (tertiary/aromatic N) is 2. The predicted molar refractivity (Wildman–Crippen MR) is 111 cm³/mol. The topological polar surface area (TPSA) is 75.5 Å². The summed E-state index contributed by atoms with van der Waals surface area (Å²) in [7, 11) is 0. The highest BCUT2D eigenvalue weighted by Crippen LogP contribution is 2.19. The minimum absolute atomic E-state index is 0.198. The van der Waals surface area contributed by atoms with Crippen LogP contribution in [0.3, 0.4) is 0 Å². The summed E-state index contributed by atoms with van der Waals surface area (Å²) >= 11 is 0. The molecule has 0 unspecified atom stereocenters. The van der Waals surface area contributed by atoms with Crippen molar-refractivity contribution in [3.63, 3.8) is 0 Å². The summed E-state index contributed by atoms with van der Waals surface area (Å²) in [6, 6.07) is 12.3. The normalized spacial score (nSPS) is 14.9. The van der Waals surface area contributed by atoms with E-state index in [9.17, 15) is 9.59 Å². The lowest BCUT2D eigenvalue weighted by Gasteiger charge is -2.22. The number of benzene rings is 1. The van der Waals surface area contributed by atoms with Crippen molar-refractivity contribution in [2.45, 2.75) is 58.4 Å². The first-order valence-corrected chi connectivity index (χ1v) is 9.90. The molecule has 6 heteroatoms. The lowest BCUT2D eigenvalue weighted by molar-refractivity contribution is -0.129. The molecule has 0 atom stereocenters. The minimum Gasteiger partial charge on any atom is -0.353 e. The SMILES string of the molecule is Cc1cc(/C=N/NC(=O)CC(=O)NC2CCCCC2)c(C)n1-c1ccccc1. The van der Waals surface area contributed by atoms with E-state index in [-0.39, 0.29) is 18.4 Å². The van der Waals surface area contributed by atoms with E-state index in [0.717, 1.165) is 48.3 Å². The quantitative estimate of drug-likeness (QED) is 0.458. The number of nitrogens with one attached hydrogen (secondary N) is 2. The van der Waals surface area contributed by atoms with Crippen molar-refractivity contribution in [1.29, 1.82) is 0 Å². The summed E-state index contributed by atoms with van der Waals surface area (Å²) in [4.78, 5) is 24.0. The molecule has 0 spiro atoms. The van der Waals surface area contributed by atoms with Gasteiger partial charge in [0.25, 0.3) is 0 Å². The van der Waals surface area contributed by atoms with Gasteiger partial charge >= 0.3 is 0 Å². The average Bonchev–Trinajstić information content (AvgIpc) is 2.96. The Bertz CT molecular complexity index is 849. The number of rotatable bonds is 6. The van der Waals surface area contributed by atoms with E-state index >= 15 is 0 Å². The molecular formula is C22H28N4O2. The zero-order valence-corrected chi connectivity index (χ0v) is 16.6. The third-order valence-electron chi connectivity index (χ3n) is 5.17. The van der Waals surface area contributed by atoms with Crippen LogP contribution in [0.4, 0.5) is 0 Å². The highest BCUT2D eigenvalue weighted by molar-refractivity contribution is 5.97. The van der Waals surface area contributed by atoms with Gasteiger partial charge in [-0.15, -0.1) is 0 Å². The molecule has 3 rings (SSSR count). The summed E-state index contributed by atoms with van der Waals surface area (Å²) in [5.41, 5.74) is 6.59. The summed E-state index contributed by atoms with van der Waals surface area (Å²) < 4.78 is 2.14. The summed E-state index contributed by atoms with van der Waals surface area (Å²) in [5, 5.41) is 6.97. The van der Waals surface area contributed by atoms with Crippen molar-refractivity contribution in [2.75, 3.05) is 0 Å². The smallest absolute Gasteiger partial charge is 0.249 e. The average molecular weight is 380 g/mol. The highest BCUT2D eigenvalue weighted by Gasteiger charge is 2.17. The maximum absolute atomic E-state index is 12.0. The number of amides is 2. The molecule has 0 bridgehead atoms. The van der Waals surface area contributed by atoms with Crippen molar-refractivity contribution < 1.29 is 9.59 Å². The number of aryl methyl sites for hydroxylation is 1. The second-order valence-electron chi connectivity index (χ2n) is 7.37. The van der Waals surface area contributed by atoms with Gasteiger partial charge in [-0.1, -0.05) is 37.5 Å². The molecule has 1 aromatic carbocycles. The lowest BCUT2D eigenvalue weighted by Crippen LogP contribution is -2.38. The Hall–Kier alpha value is -2.89. The van der Waals surface area contributed by atoms with Crippen LogP contribution in [0.2, 0.25) is 0 Å². The first-order chi connectivity index (χ1) is 13.5. The Morgan fingerprint density at radius 3 is 2.54 bits per heavy atom. The fraction of sp³-hybridized carbons (Fsp3) is 0.409. The molecule has 0 radical (unpaired) electrons. The lowest BCUT2D eigenvalue weighted by atomic mass is 9.95. The Morgan fingerprint density at radius 2 is 1.82 bits per heavy atom. The number of para-hydroxylation sites is 1. The number of aromatic nitrogens is 1. The van der Waals surface area contributed by atoms with E-state index in [2.05, 4.69) is 20.4 Å². The standard InChI is InChI=1S/C22H28N4O2/c1-16-13-18(17(2)26(16)20-11-7-4-8-12-20)15-23-25-22(28)14-21(27)24-19-9-5-3-6-10-19/h4,7-8,11-13,15,19H,3,5-6,9-10,14H2,1-2H3,(H,24,27)(H,25,28)/b23-15+. The Kier molecular flexibility index (Phi) is 6.63. The molecule has 148 valence electrons. The Balaban J connectivity index is 1.54. The summed E-state index contributed by atoms with van der Waals surface area (Å²) in [6.07, 6.45) is 6.94. The van der Waals surface area contributed by atoms with Crippen molar-refractivity contribution >= 4 is 18.0 Å². The van der Waals surface area contributed by atoms with Crippen LogP contribution in [-0.2, 0) is 9.59 Å². The monoisotopic (exact) mass is 380 g/mol. The second kappa shape index (κ2) is 9.35. The van der Waals surface area contributed by atoms with Gasteiger partial charge in [-0.25, -0.2) is 5.43 Å². The number of hydrogen-bond acceptors (Lipinski definition) is 3. The number of carbonyl (C=O) groups is 2. The molecule has 0 saturated heterocycles. The zero-order valence-electron chi connectivity index (χ0n) is 16.6. The van der Waals surface area contributed by atoms with Gasteiger partial charge in [0.2, 0.25) is 11.8 Å². The van der Waals surface area contributed by atoms with Crippen LogP contribution in [0.15, 0.2) is 41.5 Å². The molecule has 1 aliphatic carbocycles. The molecule has 1 saturated carbocycles. The Morgan fingerprint density at radius 1 is 1.11 bits per heavy atom. The van der Waals surface area contributed by atoms with E-state index in [1.807, 2.05) is 50.2 Å². The molecule has 2 aromatic rings. The molecule has 1 heterocycles. The number of carbonyl (C=O) groups excluding carboxylic acids is 2. The largest absolute Gasteiger partial charge is 0.353 e. The predicted octanol–water partition coefficient (Wildman–Crippen LogP) is 3.38. The van der Waals surface area contributed by atoms with E-state index in [1.54, 1.807) is 6.21 Å². The van der Waals surface area contributed by atoms with Crippen LogP contribution >= 0.6 is 0 Å². The molecule has 2 N–H and O–H groups in total. The van der Waals surface area contributed by atoms with Crippen LogP contribution in [0.1, 0.15) is 55.5 Å². The van der Waals surface area contributed by atoms with Crippen molar-refractivity contribution in [3.8, 4) is 5.69 Å². The highest BCUT2D eigenvalue weighted by atomic mass is 16.2. The molecule has 1 aromatic heterocycles. The van der Waals surface area contributed by atoms with Gasteiger partial charge in [0, 0.05) is 28.7 Å². The van der Waals surface area contributed by atoms with Crippen LogP contribution < -0.4 is 10.7 Å². The molecule has 1 fully saturated rings. The third kappa shape index (κ3) is 5.09. The summed E-state index contributed by atoms with van der Waals surface area (Å²) in [5.74, 6) is -0.636. The van der Waals surface area contributed by atoms with Gasteiger partial charge < -0.3 is 9.88 Å². The molecule has 0 aliphatic heterocycles. The van der Waals surface area contributed by atoms with Gasteiger partial charge in [0.05, 0.1) is 6.21 Å². The zero-order chi connectivity index (χ0) is 19.9. The number of hydrazone groups is 1. The molecular weight excluding hydrogens is 352 g/mol. The number of hydrogen-bond donors (Lipinski definition) is 2. The Labute approximate surface area is 166 Å². The minimum atomic E-state index is -0.401. The maximum Gasteiger partial charge on any atom is 0.249 e. The van der Waals surface area contributed by atoms with Gasteiger partial charge in [-0.3, -0.25) is 9.59 Å². The van der Waals surface area contributed by atoms with Gasteiger partial charge in [-0.2, -0.15) is 5.10 Å². The molecule has 1 aliphatic rings. The van der Waals surface area contributed by atoms with Gasteiger partial charge in [0.1, 0.15) is 6.42 Å². The van der Waals surface area contributed by atoms with Crippen LogP contribution in [0.25, 0.3) is 5.69 Å². The van der Waals surface area contributed by atoms with Gasteiger partial charge in [-0.05, 0) is 44.9 Å². The third-order valence-corrected chi connectivity index (χ3v) is 5.17. The summed E-state index contributed by atoms with van der Waals surface area (Å²) in [6.45, 7) is 4.05. The van der Waals surface area contributed by atoms with E-state index in [1.165, 1.54) is 6.42 Å². The maximum atomic E-state index is 12.0. The second-order valence-corrected chi connectivity index (χ2v) is 7.37. The van der Waals surface area contributed by atoms with E-state index in [4.69, 9.17) is 0 Å². The molecule has 6 nitrogen and oxygen atoms in total. The van der Waals surface area contributed by atoms with Crippen molar-refractivity contribution in [3.05, 3.63) is 53.3 Å². The van der Waals surface area contributed by atoms with Gasteiger partial charge in [0.15, 0.2) is 0 Å². The van der Waals surface area contributed by atoms with E-state index < -0.39 is 5.91 Å². The molecule has 2 amide bonds. The fourth-order valence-corrected chi connectivity index (χ4v) is 3.78. The van der Waals surface area contributed by atoms with Crippen LogP contribution in [0.5, 0.6) is 0 Å². The first kappa shape index (κ1) is 19.9. The van der Waals surface area contributed by atoms with Crippen molar-refractivity contribution in [1.82, 2.24) is 15.3 Å². The molecule has 28 heavy (non-hydrogen) atoms. The first-order valence-electron chi connectivity index (χ1n) is 9.90. The van der Waals surface area contributed by atoms with Crippen molar-refractivity contribution in [2.24, 2.45) is 5.10 Å². The van der Waals surface area contributed by atoms with Crippen LogP contribution in [0, 0.1) is 13.8 Å². The fourth-order valence-electron chi connectivity index (χ4n) is 3.78. The van der Waals surface area contributed by atoms with E-state index in [0.29, 0.717) is 0 Å². The van der Waals surface area contributed by atoms with Crippen LogP contribution in [-0.4, -0.2) is 28.6 Å².